The number of nitrogens with zero attached hydrogens (tertiary/aromatic N) is 1. The smallest absolute Gasteiger partial charge is 0.257 e. The van der Waals surface area contributed by atoms with Gasteiger partial charge in [0.05, 0.1) is 5.69 Å². The molecular formula is C18H13ClF2N2OS. The highest BCUT2D eigenvalue weighted by Crippen LogP contribution is 2.25. The number of thiazole rings is 1. The van der Waals surface area contributed by atoms with E-state index in [0.717, 1.165) is 28.4 Å². The van der Waals surface area contributed by atoms with Crippen LogP contribution in [-0.4, -0.2) is 17.4 Å². The molecule has 128 valence electrons. The molecular weight excluding hydrogens is 366 g/mol. The van der Waals surface area contributed by atoms with Gasteiger partial charge in [0.2, 0.25) is 0 Å². The second-order valence-corrected chi connectivity index (χ2v) is 6.55. The van der Waals surface area contributed by atoms with E-state index in [2.05, 4.69) is 10.3 Å². The lowest BCUT2D eigenvalue weighted by Gasteiger charge is -2.06. The molecule has 0 fully saturated rings. The van der Waals surface area contributed by atoms with Gasteiger partial charge in [0.15, 0.2) is 0 Å². The molecule has 0 saturated carbocycles. The number of carbonyl (C=O) groups excluding carboxylic acids is 1. The van der Waals surface area contributed by atoms with Crippen LogP contribution in [0.25, 0.3) is 10.6 Å². The topological polar surface area (TPSA) is 42.0 Å². The number of nitrogens with one attached hydrogen (secondary N) is 1. The van der Waals surface area contributed by atoms with Crippen molar-refractivity contribution in [1.29, 1.82) is 0 Å². The van der Waals surface area contributed by atoms with E-state index in [1.165, 1.54) is 17.4 Å². The lowest BCUT2D eigenvalue weighted by Crippen LogP contribution is -2.27. The summed E-state index contributed by atoms with van der Waals surface area (Å²) in [6.07, 6.45) is 0.464. The van der Waals surface area contributed by atoms with Gasteiger partial charge in [-0.2, -0.15) is 0 Å². The minimum atomic E-state index is -0.879. The van der Waals surface area contributed by atoms with Crippen molar-refractivity contribution in [3.8, 4) is 10.6 Å². The Morgan fingerprint density at radius 2 is 1.80 bits per heavy atom. The van der Waals surface area contributed by atoms with Crippen LogP contribution in [0.3, 0.4) is 0 Å². The summed E-state index contributed by atoms with van der Waals surface area (Å²) >= 11 is 7.35. The number of rotatable bonds is 5. The molecule has 3 rings (SSSR count). The Hall–Kier alpha value is -2.31. The van der Waals surface area contributed by atoms with Crippen LogP contribution in [0.5, 0.6) is 0 Å². The summed E-state index contributed by atoms with van der Waals surface area (Å²) in [5, 5.41) is 5.90. The molecule has 7 heteroatoms. The van der Waals surface area contributed by atoms with Gasteiger partial charge in [0, 0.05) is 28.9 Å². The maximum Gasteiger partial charge on any atom is 0.257 e. The zero-order valence-corrected chi connectivity index (χ0v) is 14.5. The molecule has 1 N–H and O–H groups in total. The van der Waals surface area contributed by atoms with Crippen molar-refractivity contribution in [1.82, 2.24) is 10.3 Å². The van der Waals surface area contributed by atoms with Crippen molar-refractivity contribution in [3.63, 3.8) is 0 Å². The summed E-state index contributed by atoms with van der Waals surface area (Å²) < 4.78 is 27.1. The molecule has 1 aromatic heterocycles. The van der Waals surface area contributed by atoms with Gasteiger partial charge in [-0.05, 0) is 24.3 Å². The van der Waals surface area contributed by atoms with Crippen LogP contribution in [0.4, 0.5) is 8.78 Å². The fourth-order valence-electron chi connectivity index (χ4n) is 2.25. The Balaban J connectivity index is 1.59. The van der Waals surface area contributed by atoms with Crippen molar-refractivity contribution in [3.05, 3.63) is 75.8 Å². The van der Waals surface area contributed by atoms with Crippen molar-refractivity contribution in [2.24, 2.45) is 0 Å². The van der Waals surface area contributed by atoms with Crippen molar-refractivity contribution in [2.45, 2.75) is 6.42 Å². The van der Waals surface area contributed by atoms with Gasteiger partial charge >= 0.3 is 0 Å². The second kappa shape index (κ2) is 7.72. The average Bonchev–Trinajstić information content (AvgIpc) is 3.04. The Labute approximate surface area is 152 Å². The van der Waals surface area contributed by atoms with Crippen molar-refractivity contribution >= 4 is 28.8 Å². The molecule has 0 unspecified atom stereocenters. The molecule has 1 heterocycles. The molecule has 3 aromatic rings. The van der Waals surface area contributed by atoms with E-state index in [1.54, 1.807) is 12.1 Å². The third-order valence-electron chi connectivity index (χ3n) is 3.50. The van der Waals surface area contributed by atoms with Gasteiger partial charge in [-0.3, -0.25) is 4.79 Å². The van der Waals surface area contributed by atoms with Crippen LogP contribution in [0, 0.1) is 11.6 Å². The van der Waals surface area contributed by atoms with Gasteiger partial charge in [-0.1, -0.05) is 29.8 Å². The third-order valence-corrected chi connectivity index (χ3v) is 4.69. The monoisotopic (exact) mass is 378 g/mol. The van der Waals surface area contributed by atoms with E-state index in [4.69, 9.17) is 11.6 Å². The number of aromatic nitrogens is 1. The summed E-state index contributed by atoms with van der Waals surface area (Å²) in [5.74, 6) is -2.53. The van der Waals surface area contributed by atoms with Crippen molar-refractivity contribution in [2.75, 3.05) is 6.54 Å². The first-order valence-corrected chi connectivity index (χ1v) is 8.73. The fourth-order valence-corrected chi connectivity index (χ4v) is 3.24. The maximum absolute atomic E-state index is 13.5. The van der Waals surface area contributed by atoms with Gasteiger partial charge in [0.1, 0.15) is 22.2 Å². The lowest BCUT2D eigenvalue weighted by molar-refractivity contribution is 0.0945. The van der Waals surface area contributed by atoms with Crippen LogP contribution in [0.1, 0.15) is 16.1 Å². The normalized spacial score (nSPS) is 10.7. The molecule has 3 nitrogen and oxygen atoms in total. The predicted octanol–water partition coefficient (Wildman–Crippen LogP) is 4.71. The highest BCUT2D eigenvalue weighted by molar-refractivity contribution is 7.13. The van der Waals surface area contributed by atoms with Crippen LogP contribution >= 0.6 is 22.9 Å². The van der Waals surface area contributed by atoms with Gasteiger partial charge in [-0.25, -0.2) is 13.8 Å². The Morgan fingerprint density at radius 1 is 1.12 bits per heavy atom. The molecule has 0 spiro atoms. The minimum Gasteiger partial charge on any atom is -0.351 e. The first kappa shape index (κ1) is 17.5. The highest BCUT2D eigenvalue weighted by atomic mass is 35.5. The molecule has 0 bridgehead atoms. The first-order valence-electron chi connectivity index (χ1n) is 7.47. The number of halogens is 3. The molecule has 2 aromatic carbocycles. The molecule has 0 radical (unpaired) electrons. The van der Waals surface area contributed by atoms with Crippen LogP contribution in [0.15, 0.2) is 47.8 Å². The molecule has 25 heavy (non-hydrogen) atoms. The van der Waals surface area contributed by atoms with E-state index < -0.39 is 23.1 Å². The molecule has 1 amide bonds. The largest absolute Gasteiger partial charge is 0.351 e. The number of hydrogen-bond acceptors (Lipinski definition) is 3. The van der Waals surface area contributed by atoms with E-state index >= 15 is 0 Å². The quantitative estimate of drug-likeness (QED) is 0.698. The van der Waals surface area contributed by atoms with Crippen LogP contribution in [-0.2, 0) is 6.42 Å². The summed E-state index contributed by atoms with van der Waals surface area (Å²) in [5.41, 5.74) is 1.19. The Bertz CT molecular complexity index is 876. The van der Waals surface area contributed by atoms with Gasteiger partial charge in [-0.15, -0.1) is 11.3 Å². The fraction of sp³-hybridized carbons (Fsp3) is 0.111. The molecule has 0 atom stereocenters. The predicted molar refractivity (Wildman–Crippen MR) is 95.0 cm³/mol. The van der Waals surface area contributed by atoms with Crippen LogP contribution < -0.4 is 5.32 Å². The average molecular weight is 379 g/mol. The summed E-state index contributed by atoms with van der Waals surface area (Å²) in [4.78, 5) is 16.4. The first-order chi connectivity index (χ1) is 12.0. The van der Waals surface area contributed by atoms with E-state index in [1.807, 2.05) is 17.5 Å². The maximum atomic E-state index is 13.5. The van der Waals surface area contributed by atoms with Crippen molar-refractivity contribution < 1.29 is 13.6 Å². The lowest BCUT2D eigenvalue weighted by atomic mass is 10.2. The summed E-state index contributed by atoms with van der Waals surface area (Å²) in [7, 11) is 0. The number of carbonyl (C=O) groups is 1. The minimum absolute atomic E-state index is 0.233. The number of benzene rings is 2. The molecule has 0 saturated heterocycles. The van der Waals surface area contributed by atoms with Gasteiger partial charge < -0.3 is 5.32 Å². The summed E-state index contributed by atoms with van der Waals surface area (Å²) in [6.45, 7) is 0.233. The number of hydrogen-bond donors (Lipinski definition) is 1. The SMILES string of the molecule is O=C(NCCc1csc(-c2ccc(Cl)cc2)n1)c1c(F)cccc1F. The number of amides is 1. The van der Waals surface area contributed by atoms with E-state index in [9.17, 15) is 13.6 Å². The standard InChI is InChI=1S/C18H13ClF2N2OS/c19-12-6-4-11(5-7-12)18-23-13(10-25-18)8-9-22-17(24)16-14(20)2-1-3-15(16)21/h1-7,10H,8-9H2,(H,22,24). The Morgan fingerprint density at radius 3 is 2.48 bits per heavy atom. The van der Waals surface area contributed by atoms with E-state index in [-0.39, 0.29) is 6.54 Å². The second-order valence-electron chi connectivity index (χ2n) is 5.25. The van der Waals surface area contributed by atoms with Crippen LogP contribution in [0.2, 0.25) is 5.02 Å². The highest BCUT2D eigenvalue weighted by Gasteiger charge is 2.16. The zero-order valence-electron chi connectivity index (χ0n) is 12.9. The molecule has 0 aliphatic carbocycles. The Kier molecular flexibility index (Phi) is 5.40. The third kappa shape index (κ3) is 4.21. The molecule has 0 aliphatic rings. The summed E-state index contributed by atoms with van der Waals surface area (Å²) in [6, 6.07) is 10.7. The van der Waals surface area contributed by atoms with Gasteiger partial charge in [0.25, 0.3) is 5.91 Å². The van der Waals surface area contributed by atoms with E-state index in [0.29, 0.717) is 11.4 Å². The molecule has 0 aliphatic heterocycles. The zero-order chi connectivity index (χ0) is 17.8.